The van der Waals surface area contributed by atoms with E-state index in [1.54, 1.807) is 25.3 Å². The number of hydrogen-bond donors (Lipinski definition) is 1. The molecule has 0 spiro atoms. The molecule has 0 saturated carbocycles. The van der Waals surface area contributed by atoms with E-state index in [9.17, 15) is 14.7 Å². The van der Waals surface area contributed by atoms with Crippen molar-refractivity contribution in [1.29, 1.82) is 0 Å². The quantitative estimate of drug-likeness (QED) is 0.240. The highest BCUT2D eigenvalue weighted by molar-refractivity contribution is 7.22. The summed E-state index contributed by atoms with van der Waals surface area (Å²) in [5.41, 5.74) is 3.96. The maximum atomic E-state index is 13.3. The number of amides is 1. The van der Waals surface area contributed by atoms with E-state index in [0.29, 0.717) is 22.0 Å². The van der Waals surface area contributed by atoms with Crippen LogP contribution in [0.4, 0.5) is 5.13 Å². The van der Waals surface area contributed by atoms with Crippen molar-refractivity contribution in [3.63, 3.8) is 0 Å². The summed E-state index contributed by atoms with van der Waals surface area (Å²) >= 11 is 1.30. The number of methoxy groups -OCH3 is 1. The van der Waals surface area contributed by atoms with Crippen molar-refractivity contribution in [3.05, 3.63) is 94.6 Å². The zero-order chi connectivity index (χ0) is 24.0. The van der Waals surface area contributed by atoms with Gasteiger partial charge in [0, 0.05) is 5.56 Å². The lowest BCUT2D eigenvalue weighted by Crippen LogP contribution is -2.29. The summed E-state index contributed by atoms with van der Waals surface area (Å²) in [7, 11) is 1.59. The Morgan fingerprint density at radius 2 is 1.76 bits per heavy atom. The van der Waals surface area contributed by atoms with Crippen molar-refractivity contribution in [3.8, 4) is 5.75 Å². The highest BCUT2D eigenvalue weighted by Crippen LogP contribution is 2.44. The van der Waals surface area contributed by atoms with Crippen LogP contribution >= 0.6 is 11.3 Å². The van der Waals surface area contributed by atoms with Gasteiger partial charge in [-0.05, 0) is 37.6 Å². The van der Waals surface area contributed by atoms with Crippen LogP contribution in [0.15, 0.2) is 72.3 Å². The molecule has 5 rings (SSSR count). The number of ether oxygens (including phenoxy) is 1. The Morgan fingerprint density at radius 1 is 1.00 bits per heavy atom. The number of thiazole rings is 1. The largest absolute Gasteiger partial charge is 0.507 e. The van der Waals surface area contributed by atoms with E-state index < -0.39 is 17.7 Å². The average molecular weight is 471 g/mol. The Balaban J connectivity index is 1.72. The van der Waals surface area contributed by atoms with Gasteiger partial charge >= 0.3 is 5.91 Å². The Labute approximate surface area is 200 Å². The number of nitrogens with zero attached hydrogens (tertiary/aromatic N) is 2. The molecule has 1 saturated heterocycles. The molecule has 1 aromatic heterocycles. The Kier molecular flexibility index (Phi) is 5.42. The molecule has 1 amide bonds. The summed E-state index contributed by atoms with van der Waals surface area (Å²) < 4.78 is 6.14. The lowest BCUT2D eigenvalue weighted by atomic mass is 9.94. The number of carbonyl (C=O) groups is 2. The smallest absolute Gasteiger partial charge is 0.301 e. The fourth-order valence-electron chi connectivity index (χ4n) is 4.18. The fraction of sp³-hybridized carbons (Fsp3) is 0.148. The van der Waals surface area contributed by atoms with Crippen molar-refractivity contribution in [2.45, 2.75) is 19.9 Å². The predicted octanol–water partition coefficient (Wildman–Crippen LogP) is 5.55. The molecule has 0 radical (unpaired) electrons. The van der Waals surface area contributed by atoms with E-state index in [0.717, 1.165) is 21.4 Å². The molecule has 34 heavy (non-hydrogen) atoms. The van der Waals surface area contributed by atoms with Gasteiger partial charge < -0.3 is 9.84 Å². The molecule has 3 aromatic carbocycles. The van der Waals surface area contributed by atoms with Crippen LogP contribution in [-0.4, -0.2) is 28.9 Å². The van der Waals surface area contributed by atoms with Gasteiger partial charge in [0.2, 0.25) is 0 Å². The number of carbonyl (C=O) groups excluding carboxylic acids is 2. The van der Waals surface area contributed by atoms with Gasteiger partial charge in [0.15, 0.2) is 5.13 Å². The van der Waals surface area contributed by atoms with Gasteiger partial charge in [-0.3, -0.25) is 14.5 Å². The predicted molar refractivity (Wildman–Crippen MR) is 133 cm³/mol. The molecule has 0 bridgehead atoms. The van der Waals surface area contributed by atoms with Crippen LogP contribution in [0.5, 0.6) is 5.75 Å². The van der Waals surface area contributed by atoms with Gasteiger partial charge in [0.25, 0.3) is 5.78 Å². The SMILES string of the molecule is COc1ccc2nc(N3C(=O)C(=O)/C(=C(/O)c4ccc(C)cc4)C3c3cccc(C)c3)sc2c1. The molecule has 7 heteroatoms. The van der Waals surface area contributed by atoms with Crippen LogP contribution in [0.3, 0.4) is 0 Å². The standard InChI is InChI=1S/C27H22N2O4S/c1-15-7-9-17(10-8-15)24(30)22-23(18-6-4-5-16(2)13-18)29(26(32)25(22)31)27-28-20-12-11-19(33-3)14-21(20)34-27/h4-14,23,30H,1-3H3/b24-22+. The van der Waals surface area contributed by atoms with E-state index in [2.05, 4.69) is 4.98 Å². The second-order valence-corrected chi connectivity index (χ2v) is 9.29. The zero-order valence-electron chi connectivity index (χ0n) is 18.9. The first kappa shape index (κ1) is 21.9. The third-order valence-corrected chi connectivity index (χ3v) is 6.94. The number of anilines is 1. The molecule has 170 valence electrons. The second-order valence-electron chi connectivity index (χ2n) is 8.28. The van der Waals surface area contributed by atoms with E-state index >= 15 is 0 Å². The number of aryl methyl sites for hydroxylation is 2. The minimum atomic E-state index is -0.802. The van der Waals surface area contributed by atoms with Crippen molar-refractivity contribution >= 4 is 44.1 Å². The lowest BCUT2D eigenvalue weighted by molar-refractivity contribution is -0.132. The number of ketones is 1. The number of fused-ring (bicyclic) bond motifs is 1. The summed E-state index contributed by atoms with van der Waals surface area (Å²) in [6.45, 7) is 3.89. The minimum Gasteiger partial charge on any atom is -0.507 e. The van der Waals surface area contributed by atoms with Gasteiger partial charge in [-0.25, -0.2) is 4.98 Å². The fourth-order valence-corrected chi connectivity index (χ4v) is 5.20. The number of rotatable bonds is 4. The van der Waals surface area contributed by atoms with Gasteiger partial charge in [0.05, 0.1) is 28.9 Å². The molecule has 1 aliphatic heterocycles. The highest BCUT2D eigenvalue weighted by Gasteiger charge is 2.48. The van der Waals surface area contributed by atoms with E-state index in [1.165, 1.54) is 16.2 Å². The molecule has 2 heterocycles. The number of hydrogen-bond acceptors (Lipinski definition) is 6. The molecule has 1 unspecified atom stereocenters. The summed E-state index contributed by atoms with van der Waals surface area (Å²) in [6, 6.07) is 19.5. The van der Waals surface area contributed by atoms with E-state index in [1.807, 2.05) is 62.4 Å². The van der Waals surface area contributed by atoms with Crippen molar-refractivity contribution in [2.24, 2.45) is 0 Å². The monoisotopic (exact) mass is 470 g/mol. The van der Waals surface area contributed by atoms with E-state index in [-0.39, 0.29) is 11.3 Å². The normalized spacial score (nSPS) is 17.5. The molecule has 1 N–H and O–H groups in total. The Hall–Kier alpha value is -3.97. The average Bonchev–Trinajstić information content (AvgIpc) is 3.36. The maximum Gasteiger partial charge on any atom is 0.301 e. The van der Waals surface area contributed by atoms with Gasteiger partial charge in [-0.1, -0.05) is 71.0 Å². The molecule has 4 aromatic rings. The molecule has 1 atom stereocenters. The molecular formula is C27H22N2O4S. The van der Waals surface area contributed by atoms with Crippen molar-refractivity contribution in [2.75, 3.05) is 12.0 Å². The summed E-state index contributed by atoms with van der Waals surface area (Å²) in [4.78, 5) is 32.7. The molecule has 1 fully saturated rings. The van der Waals surface area contributed by atoms with Gasteiger partial charge in [-0.15, -0.1) is 0 Å². The molecular weight excluding hydrogens is 448 g/mol. The van der Waals surface area contributed by atoms with Crippen LogP contribution in [0, 0.1) is 13.8 Å². The lowest BCUT2D eigenvalue weighted by Gasteiger charge is -2.23. The third kappa shape index (κ3) is 3.64. The number of aliphatic hydroxyl groups excluding tert-OH is 1. The van der Waals surface area contributed by atoms with Crippen LogP contribution in [0.2, 0.25) is 0 Å². The van der Waals surface area contributed by atoms with Crippen LogP contribution in [0.1, 0.15) is 28.3 Å². The second kappa shape index (κ2) is 8.43. The summed E-state index contributed by atoms with van der Waals surface area (Å²) in [6.07, 6.45) is 0. The van der Waals surface area contributed by atoms with Gasteiger partial charge in [0.1, 0.15) is 11.5 Å². The van der Waals surface area contributed by atoms with Crippen LogP contribution < -0.4 is 9.64 Å². The zero-order valence-corrected chi connectivity index (χ0v) is 19.7. The minimum absolute atomic E-state index is 0.0521. The first-order valence-electron chi connectivity index (χ1n) is 10.8. The molecule has 0 aliphatic carbocycles. The maximum absolute atomic E-state index is 13.3. The first-order valence-corrected chi connectivity index (χ1v) is 11.6. The summed E-state index contributed by atoms with van der Waals surface area (Å²) in [5.74, 6) is -0.970. The van der Waals surface area contributed by atoms with Crippen LogP contribution in [0.25, 0.3) is 16.0 Å². The van der Waals surface area contributed by atoms with E-state index in [4.69, 9.17) is 4.74 Å². The Bertz CT molecular complexity index is 1470. The van der Waals surface area contributed by atoms with Crippen LogP contribution in [-0.2, 0) is 9.59 Å². The highest BCUT2D eigenvalue weighted by atomic mass is 32.1. The summed E-state index contributed by atoms with van der Waals surface area (Å²) in [5, 5.41) is 11.6. The first-order chi connectivity index (χ1) is 16.4. The number of benzene rings is 3. The van der Waals surface area contributed by atoms with Crippen molar-refractivity contribution in [1.82, 2.24) is 4.98 Å². The number of aromatic nitrogens is 1. The third-order valence-electron chi connectivity index (χ3n) is 5.92. The topological polar surface area (TPSA) is 79.7 Å². The van der Waals surface area contributed by atoms with Crippen molar-refractivity contribution < 1.29 is 19.4 Å². The molecule has 1 aliphatic rings. The number of Topliss-reactive ketones (excluding diaryl/α,β-unsaturated/α-hetero) is 1. The Morgan fingerprint density at radius 3 is 2.47 bits per heavy atom. The van der Waals surface area contributed by atoms with Gasteiger partial charge in [-0.2, -0.15) is 0 Å². The molecule has 6 nitrogen and oxygen atoms in total. The number of aliphatic hydroxyl groups is 1.